The maximum Gasteiger partial charge on any atom is 0.281 e. The van der Waals surface area contributed by atoms with Crippen LogP contribution in [-0.4, -0.2) is 21.2 Å². The first kappa shape index (κ1) is 12.6. The number of amides is 1. The molecule has 1 aliphatic rings. The molecular formula is C11H8BrN3O3S. The third-order valence-corrected chi connectivity index (χ3v) is 4.43. The van der Waals surface area contributed by atoms with Crippen LogP contribution in [0.5, 0.6) is 0 Å². The molecule has 0 radical (unpaired) electrons. The Balaban J connectivity index is 1.96. The molecule has 1 amide bonds. The van der Waals surface area contributed by atoms with Gasteiger partial charge in [-0.25, -0.2) is 0 Å². The number of hydrogen-bond acceptors (Lipinski definition) is 6. The van der Waals surface area contributed by atoms with Crippen molar-refractivity contribution in [1.82, 2.24) is 10.2 Å². The van der Waals surface area contributed by atoms with E-state index in [1.54, 1.807) is 19.1 Å². The predicted molar refractivity (Wildman–Crippen MR) is 70.9 cm³/mol. The van der Waals surface area contributed by atoms with Gasteiger partial charge in [0.2, 0.25) is 5.89 Å². The van der Waals surface area contributed by atoms with Crippen molar-refractivity contribution in [3.8, 4) is 0 Å². The number of carbonyl (C=O) groups excluding carboxylic acids is 1. The molecule has 1 aromatic heterocycles. The number of hydrogen-bond donors (Lipinski definition) is 2. The number of aliphatic hydroxyl groups is 1. The molecule has 3 rings (SSSR count). The highest BCUT2D eigenvalue weighted by Crippen LogP contribution is 2.40. The van der Waals surface area contributed by atoms with Gasteiger partial charge in [0.1, 0.15) is 0 Å². The molecule has 98 valence electrons. The molecule has 0 fully saturated rings. The maximum atomic E-state index is 11.4. The largest absolute Gasteiger partial charge is 0.416 e. The van der Waals surface area contributed by atoms with Crippen molar-refractivity contribution in [2.45, 2.75) is 23.1 Å². The molecule has 1 aromatic carbocycles. The summed E-state index contributed by atoms with van der Waals surface area (Å²) < 4.78 is 6.04. The van der Waals surface area contributed by atoms with Gasteiger partial charge in [0.25, 0.3) is 11.1 Å². The lowest BCUT2D eigenvalue weighted by atomic mass is 10.1. The normalized spacial score (nSPS) is 17.4. The molecule has 0 spiro atoms. The summed E-state index contributed by atoms with van der Waals surface area (Å²) in [5.74, 6) is 0.0705. The smallest absolute Gasteiger partial charge is 0.281 e. The van der Waals surface area contributed by atoms with E-state index in [0.29, 0.717) is 22.4 Å². The van der Waals surface area contributed by atoms with Gasteiger partial charge in [0.05, 0.1) is 0 Å². The molecule has 0 saturated carbocycles. The van der Waals surface area contributed by atoms with Gasteiger partial charge >= 0.3 is 0 Å². The number of aromatic nitrogens is 2. The molecule has 0 bridgehead atoms. The summed E-state index contributed by atoms with van der Waals surface area (Å²) in [7, 11) is 0. The Morgan fingerprint density at radius 3 is 2.95 bits per heavy atom. The quantitative estimate of drug-likeness (QED) is 0.871. The highest BCUT2D eigenvalue weighted by atomic mass is 79.9. The lowest BCUT2D eigenvalue weighted by Crippen LogP contribution is -2.10. The minimum absolute atomic E-state index is 0.419. The van der Waals surface area contributed by atoms with E-state index in [0.717, 1.165) is 9.37 Å². The summed E-state index contributed by atoms with van der Waals surface area (Å²) >= 11 is 4.68. The molecule has 1 unspecified atom stereocenters. The minimum Gasteiger partial charge on any atom is -0.416 e. The zero-order valence-electron chi connectivity index (χ0n) is 9.68. The number of benzene rings is 1. The minimum atomic E-state index is -1.11. The van der Waals surface area contributed by atoms with Gasteiger partial charge < -0.3 is 14.8 Å². The number of aliphatic hydroxyl groups excluding tert-OH is 1. The van der Waals surface area contributed by atoms with Crippen molar-refractivity contribution in [3.63, 3.8) is 0 Å². The van der Waals surface area contributed by atoms with Crippen molar-refractivity contribution >= 4 is 39.3 Å². The van der Waals surface area contributed by atoms with E-state index in [2.05, 4.69) is 31.4 Å². The first-order valence-corrected chi connectivity index (χ1v) is 6.96. The number of aryl methyl sites for hydroxylation is 1. The van der Waals surface area contributed by atoms with Crippen LogP contribution in [0.15, 0.2) is 31.1 Å². The topological polar surface area (TPSA) is 88.2 Å². The SMILES string of the molecule is Cc1nnc(Sc2cc3c(cc2Br)C(O)C(=O)N3)o1. The third kappa shape index (κ3) is 2.26. The molecular weight excluding hydrogens is 334 g/mol. The highest BCUT2D eigenvalue weighted by molar-refractivity contribution is 9.10. The molecule has 1 atom stereocenters. The van der Waals surface area contributed by atoms with Gasteiger partial charge in [-0.15, -0.1) is 10.2 Å². The summed E-state index contributed by atoms with van der Waals surface area (Å²) in [5.41, 5.74) is 1.15. The van der Waals surface area contributed by atoms with Crippen LogP contribution >= 0.6 is 27.7 Å². The molecule has 2 N–H and O–H groups in total. The Morgan fingerprint density at radius 1 is 1.47 bits per heavy atom. The Morgan fingerprint density at radius 2 is 2.26 bits per heavy atom. The number of halogens is 1. The van der Waals surface area contributed by atoms with Gasteiger partial charge in [-0.1, -0.05) is 0 Å². The van der Waals surface area contributed by atoms with Crippen LogP contribution in [0, 0.1) is 6.92 Å². The van der Waals surface area contributed by atoms with Gasteiger partial charge in [0.15, 0.2) is 6.10 Å². The van der Waals surface area contributed by atoms with Gasteiger partial charge in [0, 0.05) is 27.5 Å². The zero-order chi connectivity index (χ0) is 13.6. The molecule has 19 heavy (non-hydrogen) atoms. The molecule has 1 aliphatic heterocycles. The number of nitrogens with one attached hydrogen (secondary N) is 1. The second-order valence-corrected chi connectivity index (χ2v) is 5.80. The van der Waals surface area contributed by atoms with Crippen LogP contribution in [0.25, 0.3) is 0 Å². The molecule has 0 aliphatic carbocycles. The fraction of sp³-hybridized carbons (Fsp3) is 0.182. The number of fused-ring (bicyclic) bond motifs is 1. The summed E-state index contributed by atoms with van der Waals surface area (Å²) in [6.45, 7) is 1.71. The van der Waals surface area contributed by atoms with E-state index in [-0.39, 0.29) is 0 Å². The van der Waals surface area contributed by atoms with Crippen LogP contribution in [-0.2, 0) is 4.79 Å². The lowest BCUT2D eigenvalue weighted by Gasteiger charge is -2.06. The molecule has 6 nitrogen and oxygen atoms in total. The fourth-order valence-corrected chi connectivity index (χ4v) is 3.11. The number of anilines is 1. The zero-order valence-corrected chi connectivity index (χ0v) is 12.1. The van der Waals surface area contributed by atoms with E-state index < -0.39 is 12.0 Å². The van der Waals surface area contributed by atoms with E-state index in [9.17, 15) is 9.90 Å². The van der Waals surface area contributed by atoms with Crippen LogP contribution in [0.4, 0.5) is 5.69 Å². The van der Waals surface area contributed by atoms with Crippen molar-refractivity contribution in [2.24, 2.45) is 0 Å². The molecule has 2 aromatic rings. The second kappa shape index (κ2) is 4.62. The van der Waals surface area contributed by atoms with Gasteiger partial charge in [-0.2, -0.15) is 0 Å². The second-order valence-electron chi connectivity index (χ2n) is 3.95. The Bertz CT molecular complexity index is 673. The monoisotopic (exact) mass is 341 g/mol. The average Bonchev–Trinajstić information content (AvgIpc) is 2.87. The summed E-state index contributed by atoms with van der Waals surface area (Å²) in [6, 6.07) is 3.47. The Labute approximate surface area is 120 Å². The Hall–Kier alpha value is -1.38. The summed E-state index contributed by atoms with van der Waals surface area (Å²) in [4.78, 5) is 12.2. The van der Waals surface area contributed by atoms with E-state index >= 15 is 0 Å². The number of rotatable bonds is 2. The first-order valence-electron chi connectivity index (χ1n) is 5.35. The molecule has 0 saturated heterocycles. The maximum absolute atomic E-state index is 11.4. The third-order valence-electron chi connectivity index (χ3n) is 2.61. The number of carbonyl (C=O) groups is 1. The van der Waals surface area contributed by atoms with Gasteiger partial charge in [-0.05, 0) is 39.8 Å². The van der Waals surface area contributed by atoms with E-state index in [1.165, 1.54) is 11.8 Å². The van der Waals surface area contributed by atoms with Crippen molar-refractivity contribution in [3.05, 3.63) is 28.1 Å². The van der Waals surface area contributed by atoms with Crippen LogP contribution < -0.4 is 5.32 Å². The molecule has 2 heterocycles. The van der Waals surface area contributed by atoms with E-state index in [1.807, 2.05) is 0 Å². The fourth-order valence-electron chi connectivity index (χ4n) is 1.74. The Kier molecular flexibility index (Phi) is 3.08. The standard InChI is InChI=1S/C11H8BrN3O3S/c1-4-14-15-11(18-4)19-8-3-7-5(2-6(8)12)9(16)10(17)13-7/h2-3,9,16H,1H3,(H,13,17). The highest BCUT2D eigenvalue weighted by Gasteiger charge is 2.29. The molecule has 8 heteroatoms. The summed E-state index contributed by atoms with van der Waals surface area (Å²) in [5, 5.41) is 20.4. The predicted octanol–water partition coefficient (Wildman–Crippen LogP) is 2.28. The lowest BCUT2D eigenvalue weighted by molar-refractivity contribution is -0.123. The van der Waals surface area contributed by atoms with Crippen molar-refractivity contribution in [1.29, 1.82) is 0 Å². The average molecular weight is 342 g/mol. The first-order chi connectivity index (χ1) is 9.04. The van der Waals surface area contributed by atoms with Crippen molar-refractivity contribution < 1.29 is 14.3 Å². The van der Waals surface area contributed by atoms with Crippen LogP contribution in [0.3, 0.4) is 0 Å². The van der Waals surface area contributed by atoms with E-state index in [4.69, 9.17) is 4.42 Å². The van der Waals surface area contributed by atoms with Crippen LogP contribution in [0.1, 0.15) is 17.6 Å². The van der Waals surface area contributed by atoms with Crippen molar-refractivity contribution in [2.75, 3.05) is 5.32 Å². The summed E-state index contributed by atoms with van der Waals surface area (Å²) in [6.07, 6.45) is -1.11. The van der Waals surface area contributed by atoms with Gasteiger partial charge in [-0.3, -0.25) is 4.79 Å². The van der Waals surface area contributed by atoms with Crippen LogP contribution in [0.2, 0.25) is 0 Å². The number of nitrogens with zero attached hydrogens (tertiary/aromatic N) is 2.